The van der Waals surface area contributed by atoms with Gasteiger partial charge in [0.25, 0.3) is 11.8 Å². The largest absolute Gasteiger partial charge is 0.378 e. The molecule has 2 aliphatic rings. The van der Waals surface area contributed by atoms with E-state index < -0.39 is 0 Å². The van der Waals surface area contributed by atoms with Crippen molar-refractivity contribution in [3.63, 3.8) is 0 Å². The van der Waals surface area contributed by atoms with Crippen LogP contribution in [-0.4, -0.2) is 54.5 Å². The van der Waals surface area contributed by atoms with Crippen LogP contribution < -0.4 is 0 Å². The number of benzene rings is 2. The van der Waals surface area contributed by atoms with Gasteiger partial charge >= 0.3 is 0 Å². The topological polar surface area (TPSA) is 49.9 Å². The van der Waals surface area contributed by atoms with Crippen LogP contribution in [0.25, 0.3) is 5.57 Å². The Bertz CT molecular complexity index is 969. The summed E-state index contributed by atoms with van der Waals surface area (Å²) in [5.41, 5.74) is 2.33. The molecule has 0 N–H and O–H groups in total. The van der Waals surface area contributed by atoms with Crippen LogP contribution in [-0.2, 0) is 20.7 Å². The normalized spacial score (nSPS) is 17.4. The molecule has 1 fully saturated rings. The van der Waals surface area contributed by atoms with Crippen molar-refractivity contribution in [3.05, 3.63) is 75.4 Å². The zero-order valence-corrected chi connectivity index (χ0v) is 17.2. The lowest BCUT2D eigenvalue weighted by Gasteiger charge is -2.29. The van der Waals surface area contributed by atoms with Gasteiger partial charge in [0.15, 0.2) is 0 Å². The molecule has 29 heavy (non-hydrogen) atoms. The zero-order valence-electron chi connectivity index (χ0n) is 15.7. The lowest BCUT2D eigenvalue weighted by atomic mass is 10.0. The molecule has 2 heterocycles. The van der Waals surface area contributed by atoms with E-state index in [1.807, 2.05) is 35.2 Å². The third kappa shape index (κ3) is 4.04. The number of rotatable bonds is 5. The molecule has 2 aliphatic heterocycles. The highest BCUT2D eigenvalue weighted by atomic mass is 35.5. The molecule has 2 aromatic carbocycles. The maximum atomic E-state index is 13.3. The summed E-state index contributed by atoms with van der Waals surface area (Å²) in [4.78, 5) is 29.9. The molecule has 1 saturated heterocycles. The van der Waals surface area contributed by atoms with E-state index in [1.165, 1.54) is 4.90 Å². The molecule has 7 heteroatoms. The van der Waals surface area contributed by atoms with E-state index in [-0.39, 0.29) is 11.8 Å². The number of ether oxygens (including phenoxy) is 1. The molecule has 0 atom stereocenters. The summed E-state index contributed by atoms with van der Waals surface area (Å²) in [5.74, 6) is -0.606. The number of nitrogens with zero attached hydrogens (tertiary/aromatic N) is 2. The van der Waals surface area contributed by atoms with Crippen LogP contribution in [0.1, 0.15) is 11.1 Å². The molecule has 0 aliphatic carbocycles. The lowest BCUT2D eigenvalue weighted by molar-refractivity contribution is -0.137. The number of hydrogen-bond acceptors (Lipinski definition) is 4. The molecular formula is C22H20Cl2N2O3. The Kier molecular flexibility index (Phi) is 5.90. The number of halogens is 2. The Morgan fingerprint density at radius 2 is 1.66 bits per heavy atom. The Balaban J connectivity index is 1.69. The van der Waals surface area contributed by atoms with Gasteiger partial charge in [0.05, 0.1) is 23.8 Å². The third-order valence-corrected chi connectivity index (χ3v) is 5.69. The van der Waals surface area contributed by atoms with E-state index in [1.54, 1.807) is 18.2 Å². The predicted octanol–water partition coefficient (Wildman–Crippen LogP) is 3.65. The van der Waals surface area contributed by atoms with Gasteiger partial charge < -0.3 is 9.64 Å². The van der Waals surface area contributed by atoms with Gasteiger partial charge in [-0.15, -0.1) is 0 Å². The van der Waals surface area contributed by atoms with E-state index in [4.69, 9.17) is 27.9 Å². The van der Waals surface area contributed by atoms with E-state index in [2.05, 4.69) is 0 Å². The van der Waals surface area contributed by atoms with Gasteiger partial charge in [0.1, 0.15) is 5.70 Å². The molecule has 150 valence electrons. The SMILES string of the molecule is O=C1C(c2ccc(Cl)cc2Cl)=C(N2CCOCC2)C(=O)N1CCc1ccccc1. The first-order valence-corrected chi connectivity index (χ1v) is 10.2. The highest BCUT2D eigenvalue weighted by molar-refractivity contribution is 6.41. The second-order valence-electron chi connectivity index (χ2n) is 6.94. The molecule has 0 bridgehead atoms. The van der Waals surface area contributed by atoms with E-state index >= 15 is 0 Å². The van der Waals surface area contributed by atoms with E-state index in [9.17, 15) is 9.59 Å². The number of morpholine rings is 1. The molecule has 0 unspecified atom stereocenters. The summed E-state index contributed by atoms with van der Waals surface area (Å²) in [6, 6.07) is 14.8. The van der Waals surface area contributed by atoms with Gasteiger partial charge in [-0.2, -0.15) is 0 Å². The van der Waals surface area contributed by atoms with Crippen molar-refractivity contribution in [2.24, 2.45) is 0 Å². The number of carbonyl (C=O) groups excluding carboxylic acids is 2. The Labute approximate surface area is 179 Å². The molecule has 0 aromatic heterocycles. The van der Waals surface area contributed by atoms with Crippen LogP contribution >= 0.6 is 23.2 Å². The summed E-state index contributed by atoms with van der Waals surface area (Å²) in [6.45, 7) is 2.43. The fraction of sp³-hybridized carbons (Fsp3) is 0.273. The Hall–Kier alpha value is -2.34. The van der Waals surface area contributed by atoms with Gasteiger partial charge in [0, 0.05) is 30.2 Å². The molecular weight excluding hydrogens is 411 g/mol. The molecule has 5 nitrogen and oxygen atoms in total. The van der Waals surface area contributed by atoms with E-state index in [0.717, 1.165) is 5.56 Å². The first-order valence-electron chi connectivity index (χ1n) is 9.49. The van der Waals surface area contributed by atoms with Crippen LogP contribution in [0.4, 0.5) is 0 Å². The minimum Gasteiger partial charge on any atom is -0.378 e. The maximum Gasteiger partial charge on any atom is 0.277 e. The first kappa shape index (κ1) is 20.0. The smallest absolute Gasteiger partial charge is 0.277 e. The predicted molar refractivity (Wildman–Crippen MR) is 113 cm³/mol. The van der Waals surface area contributed by atoms with Gasteiger partial charge in [-0.3, -0.25) is 14.5 Å². The first-order chi connectivity index (χ1) is 14.1. The number of hydrogen-bond donors (Lipinski definition) is 0. The summed E-state index contributed by atoms with van der Waals surface area (Å²) in [5, 5.41) is 0.828. The summed E-state index contributed by atoms with van der Waals surface area (Å²) >= 11 is 12.4. The molecule has 0 radical (unpaired) electrons. The fourth-order valence-electron chi connectivity index (χ4n) is 3.67. The molecule has 0 spiro atoms. The molecule has 2 aromatic rings. The van der Waals surface area contributed by atoms with Crippen LogP contribution in [0.2, 0.25) is 10.0 Å². The highest BCUT2D eigenvalue weighted by Crippen LogP contribution is 2.36. The zero-order chi connectivity index (χ0) is 20.4. The van der Waals surface area contributed by atoms with Crippen LogP contribution in [0, 0.1) is 0 Å². The minimum atomic E-state index is -0.323. The highest BCUT2D eigenvalue weighted by Gasteiger charge is 2.42. The number of amides is 2. The Morgan fingerprint density at radius 3 is 2.34 bits per heavy atom. The molecule has 4 rings (SSSR count). The molecule has 0 saturated carbocycles. The second kappa shape index (κ2) is 8.57. The standard InChI is InChI=1S/C22H20Cl2N2O3/c23-16-6-7-17(18(24)14-16)19-20(25-10-12-29-13-11-25)22(28)26(21(19)27)9-8-15-4-2-1-3-5-15/h1-7,14H,8-13H2. The Morgan fingerprint density at radius 1 is 0.931 bits per heavy atom. The van der Waals surface area contributed by atoms with Gasteiger partial charge in [-0.1, -0.05) is 59.6 Å². The quantitative estimate of drug-likeness (QED) is 0.679. The van der Waals surface area contributed by atoms with Crippen molar-refractivity contribution in [2.75, 3.05) is 32.8 Å². The fourth-order valence-corrected chi connectivity index (χ4v) is 4.17. The summed E-state index contributed by atoms with van der Waals surface area (Å²) in [6.07, 6.45) is 0.594. The van der Waals surface area contributed by atoms with Crippen molar-refractivity contribution >= 4 is 40.6 Å². The van der Waals surface area contributed by atoms with Crippen molar-refractivity contribution in [2.45, 2.75) is 6.42 Å². The number of carbonyl (C=O) groups is 2. The van der Waals surface area contributed by atoms with Gasteiger partial charge in [0.2, 0.25) is 0 Å². The van der Waals surface area contributed by atoms with Crippen molar-refractivity contribution < 1.29 is 14.3 Å². The van der Waals surface area contributed by atoms with Crippen molar-refractivity contribution in [1.82, 2.24) is 9.80 Å². The number of imide groups is 1. The monoisotopic (exact) mass is 430 g/mol. The maximum absolute atomic E-state index is 13.3. The molecule has 2 amide bonds. The summed E-state index contributed by atoms with van der Waals surface area (Å²) in [7, 11) is 0. The third-order valence-electron chi connectivity index (χ3n) is 5.14. The van der Waals surface area contributed by atoms with Gasteiger partial charge in [-0.25, -0.2) is 0 Å². The van der Waals surface area contributed by atoms with Gasteiger partial charge in [-0.05, 0) is 24.1 Å². The van der Waals surface area contributed by atoms with Crippen molar-refractivity contribution in [1.29, 1.82) is 0 Å². The van der Waals surface area contributed by atoms with Crippen LogP contribution in [0.15, 0.2) is 54.2 Å². The average molecular weight is 431 g/mol. The lowest BCUT2D eigenvalue weighted by Crippen LogP contribution is -2.40. The average Bonchev–Trinajstić information content (AvgIpc) is 2.98. The van der Waals surface area contributed by atoms with Crippen LogP contribution in [0.3, 0.4) is 0 Å². The minimum absolute atomic E-state index is 0.283. The van der Waals surface area contributed by atoms with Crippen LogP contribution in [0.5, 0.6) is 0 Å². The van der Waals surface area contributed by atoms with Crippen molar-refractivity contribution in [3.8, 4) is 0 Å². The van der Waals surface area contributed by atoms with E-state index in [0.29, 0.717) is 66.1 Å². The second-order valence-corrected chi connectivity index (χ2v) is 7.79. The summed E-state index contributed by atoms with van der Waals surface area (Å²) < 4.78 is 5.42.